The topological polar surface area (TPSA) is 38.3 Å². The Morgan fingerprint density at radius 3 is 3.19 bits per heavy atom. The van der Waals surface area contributed by atoms with Gasteiger partial charge in [0.15, 0.2) is 0 Å². The molecule has 1 N–H and O–H groups in total. The lowest BCUT2D eigenvalue weighted by Crippen LogP contribution is -2.23. The summed E-state index contributed by atoms with van der Waals surface area (Å²) in [6.07, 6.45) is 4.16. The van der Waals surface area contributed by atoms with E-state index in [1.54, 1.807) is 7.11 Å². The molecule has 2 rings (SSSR count). The summed E-state index contributed by atoms with van der Waals surface area (Å²) in [6.45, 7) is 0.726. The number of nitrogens with one attached hydrogen (secondary N) is 1. The van der Waals surface area contributed by atoms with Crippen LogP contribution < -0.4 is 10.1 Å². The fraction of sp³-hybridized carbons (Fsp3) is 0.462. The molecule has 0 saturated heterocycles. The summed E-state index contributed by atoms with van der Waals surface area (Å²) in [6, 6.07) is 6.18. The molecule has 1 aliphatic carbocycles. The first kappa shape index (κ1) is 11.0. The van der Waals surface area contributed by atoms with Crippen molar-refractivity contribution in [1.29, 1.82) is 0 Å². The minimum absolute atomic E-state index is 0.434. The normalized spacial score (nSPS) is 18.7. The number of hydrogen-bond acceptors (Lipinski definition) is 2. The predicted molar refractivity (Wildman–Crippen MR) is 62.7 cm³/mol. The van der Waals surface area contributed by atoms with Gasteiger partial charge in [-0.25, -0.2) is 0 Å². The van der Waals surface area contributed by atoms with Crippen molar-refractivity contribution in [3.05, 3.63) is 29.3 Å². The smallest absolute Gasteiger partial charge is 0.207 e. The number of methoxy groups -OCH3 is 1. The van der Waals surface area contributed by atoms with Crippen LogP contribution in [0.2, 0.25) is 0 Å². The van der Waals surface area contributed by atoms with E-state index in [1.165, 1.54) is 17.5 Å². The molecule has 0 saturated carbocycles. The molecule has 3 nitrogen and oxygen atoms in total. The lowest BCUT2D eigenvalue weighted by Gasteiger charge is -2.26. The van der Waals surface area contributed by atoms with E-state index in [0.717, 1.165) is 31.5 Å². The third kappa shape index (κ3) is 2.03. The van der Waals surface area contributed by atoms with Crippen LogP contribution in [0, 0.1) is 0 Å². The molecular formula is C13H17NO2. The zero-order chi connectivity index (χ0) is 11.4. The van der Waals surface area contributed by atoms with Crippen molar-refractivity contribution in [3.63, 3.8) is 0 Å². The average Bonchev–Trinajstić information content (AvgIpc) is 2.35. The molecule has 0 aliphatic heterocycles. The van der Waals surface area contributed by atoms with E-state index < -0.39 is 0 Å². The van der Waals surface area contributed by atoms with E-state index >= 15 is 0 Å². The Kier molecular flexibility index (Phi) is 3.44. The molecule has 1 aliphatic rings. The molecule has 3 heteroatoms. The lowest BCUT2D eigenvalue weighted by molar-refractivity contribution is -0.109. The molecule has 1 atom stereocenters. The van der Waals surface area contributed by atoms with E-state index in [9.17, 15) is 4.79 Å². The minimum Gasteiger partial charge on any atom is -0.496 e. The third-order valence-corrected chi connectivity index (χ3v) is 3.26. The van der Waals surface area contributed by atoms with Crippen LogP contribution in [0.3, 0.4) is 0 Å². The van der Waals surface area contributed by atoms with E-state index in [-0.39, 0.29) is 0 Å². The highest BCUT2D eigenvalue weighted by Crippen LogP contribution is 2.36. The number of ether oxygens (including phenoxy) is 1. The maximum atomic E-state index is 10.3. The second-order valence-electron chi connectivity index (χ2n) is 4.14. The Hall–Kier alpha value is -1.51. The first-order valence-electron chi connectivity index (χ1n) is 5.69. The fourth-order valence-electron chi connectivity index (χ4n) is 2.51. The molecule has 1 aromatic rings. The van der Waals surface area contributed by atoms with Crippen molar-refractivity contribution in [2.45, 2.75) is 25.2 Å². The minimum atomic E-state index is 0.434. The lowest BCUT2D eigenvalue weighted by atomic mass is 9.82. The SMILES string of the molecule is COc1cccc2c1CCCC2CNC=O. The number of amides is 1. The van der Waals surface area contributed by atoms with E-state index in [4.69, 9.17) is 4.74 Å². The molecular weight excluding hydrogens is 202 g/mol. The maximum Gasteiger partial charge on any atom is 0.207 e. The summed E-state index contributed by atoms with van der Waals surface area (Å²) in [4.78, 5) is 10.3. The fourth-order valence-corrected chi connectivity index (χ4v) is 2.51. The molecule has 0 bridgehead atoms. The maximum absolute atomic E-state index is 10.3. The van der Waals surface area contributed by atoms with Crippen LogP contribution in [0.15, 0.2) is 18.2 Å². The third-order valence-electron chi connectivity index (χ3n) is 3.26. The zero-order valence-corrected chi connectivity index (χ0v) is 9.53. The van der Waals surface area contributed by atoms with Gasteiger partial charge in [0, 0.05) is 12.5 Å². The van der Waals surface area contributed by atoms with Gasteiger partial charge < -0.3 is 10.1 Å². The number of fused-ring (bicyclic) bond motifs is 1. The quantitative estimate of drug-likeness (QED) is 0.785. The van der Waals surface area contributed by atoms with E-state index in [2.05, 4.69) is 11.4 Å². The number of carbonyl (C=O) groups excluding carboxylic acids is 1. The molecule has 0 heterocycles. The monoisotopic (exact) mass is 219 g/mol. The summed E-state index contributed by atoms with van der Waals surface area (Å²) < 4.78 is 5.38. The Labute approximate surface area is 95.8 Å². The molecule has 86 valence electrons. The second-order valence-corrected chi connectivity index (χ2v) is 4.14. The second kappa shape index (κ2) is 5.01. The average molecular weight is 219 g/mol. The van der Waals surface area contributed by atoms with Crippen LogP contribution in [-0.4, -0.2) is 20.1 Å². The zero-order valence-electron chi connectivity index (χ0n) is 9.53. The molecule has 0 aromatic heterocycles. The van der Waals surface area contributed by atoms with E-state index in [0.29, 0.717) is 5.92 Å². The van der Waals surface area contributed by atoms with Gasteiger partial charge >= 0.3 is 0 Å². The standard InChI is InChI=1S/C13H17NO2/c1-16-13-7-3-5-11-10(8-14-9-15)4-2-6-12(11)13/h3,5,7,9-10H,2,4,6,8H2,1H3,(H,14,15). The van der Waals surface area contributed by atoms with Gasteiger partial charge in [-0.05, 0) is 36.5 Å². The van der Waals surface area contributed by atoms with Crippen LogP contribution in [0.4, 0.5) is 0 Å². The van der Waals surface area contributed by atoms with Crippen molar-refractivity contribution in [2.75, 3.05) is 13.7 Å². The highest BCUT2D eigenvalue weighted by molar-refractivity contribution is 5.47. The summed E-state index contributed by atoms with van der Waals surface area (Å²) in [5, 5.41) is 2.77. The van der Waals surface area contributed by atoms with Crippen molar-refractivity contribution >= 4 is 6.41 Å². The van der Waals surface area contributed by atoms with Crippen LogP contribution in [0.1, 0.15) is 29.9 Å². The van der Waals surface area contributed by atoms with Crippen LogP contribution in [-0.2, 0) is 11.2 Å². The number of benzene rings is 1. The van der Waals surface area contributed by atoms with Gasteiger partial charge in [0.05, 0.1) is 7.11 Å². The van der Waals surface area contributed by atoms with Crippen molar-refractivity contribution < 1.29 is 9.53 Å². The number of hydrogen-bond donors (Lipinski definition) is 1. The summed E-state index contributed by atoms with van der Waals surface area (Å²) in [5.41, 5.74) is 2.65. The largest absolute Gasteiger partial charge is 0.496 e. The molecule has 16 heavy (non-hydrogen) atoms. The molecule has 1 amide bonds. The van der Waals surface area contributed by atoms with Crippen molar-refractivity contribution in [3.8, 4) is 5.75 Å². The molecule has 0 radical (unpaired) electrons. The predicted octanol–water partition coefficient (Wildman–Crippen LogP) is 1.86. The molecule has 0 fully saturated rings. The Bertz CT molecular complexity index is 376. The van der Waals surface area contributed by atoms with E-state index in [1.807, 2.05) is 12.1 Å². The van der Waals surface area contributed by atoms with Crippen LogP contribution in [0.5, 0.6) is 5.75 Å². The summed E-state index contributed by atoms with van der Waals surface area (Å²) in [7, 11) is 1.71. The van der Waals surface area contributed by atoms with Gasteiger partial charge in [0.25, 0.3) is 0 Å². The number of rotatable bonds is 4. The molecule has 1 unspecified atom stereocenters. The first-order chi connectivity index (χ1) is 7.86. The van der Waals surface area contributed by atoms with Crippen LogP contribution >= 0.6 is 0 Å². The first-order valence-corrected chi connectivity index (χ1v) is 5.69. The summed E-state index contributed by atoms with van der Waals surface area (Å²) >= 11 is 0. The highest BCUT2D eigenvalue weighted by Gasteiger charge is 2.22. The van der Waals surface area contributed by atoms with Gasteiger partial charge in [-0.2, -0.15) is 0 Å². The van der Waals surface area contributed by atoms with Gasteiger partial charge in [0.1, 0.15) is 5.75 Å². The number of carbonyl (C=O) groups is 1. The highest BCUT2D eigenvalue weighted by atomic mass is 16.5. The molecule has 0 spiro atoms. The Morgan fingerprint density at radius 1 is 1.56 bits per heavy atom. The van der Waals surface area contributed by atoms with Crippen molar-refractivity contribution in [2.24, 2.45) is 0 Å². The Morgan fingerprint density at radius 2 is 2.44 bits per heavy atom. The Balaban J connectivity index is 2.27. The van der Waals surface area contributed by atoms with Gasteiger partial charge in [-0.15, -0.1) is 0 Å². The van der Waals surface area contributed by atoms with Crippen LogP contribution in [0.25, 0.3) is 0 Å². The van der Waals surface area contributed by atoms with Crippen molar-refractivity contribution in [1.82, 2.24) is 5.32 Å². The van der Waals surface area contributed by atoms with Gasteiger partial charge in [0.2, 0.25) is 6.41 Å². The summed E-state index contributed by atoms with van der Waals surface area (Å²) in [5.74, 6) is 1.41. The molecule has 1 aromatic carbocycles. The van der Waals surface area contributed by atoms with Gasteiger partial charge in [-0.3, -0.25) is 4.79 Å². The van der Waals surface area contributed by atoms with Gasteiger partial charge in [-0.1, -0.05) is 12.1 Å².